The molecule has 2 atom stereocenters. The number of nitrogens with one attached hydrogen (secondary N) is 1. The molecule has 3 rings (SSSR count). The van der Waals surface area contributed by atoms with Crippen LogP contribution in [0.25, 0.3) is 0 Å². The van der Waals surface area contributed by atoms with Crippen molar-refractivity contribution in [3.63, 3.8) is 0 Å². The quantitative estimate of drug-likeness (QED) is 0.864. The molecule has 1 saturated heterocycles. The minimum atomic E-state index is 0.0274. The van der Waals surface area contributed by atoms with E-state index in [9.17, 15) is 0 Å². The third kappa shape index (κ3) is 3.15. The van der Waals surface area contributed by atoms with E-state index in [4.69, 9.17) is 9.47 Å². The van der Waals surface area contributed by atoms with Gasteiger partial charge in [0.05, 0.1) is 12.7 Å². The van der Waals surface area contributed by atoms with Gasteiger partial charge in [-0.25, -0.2) is 0 Å². The predicted octanol–water partition coefficient (Wildman–Crippen LogP) is 3.31. The lowest BCUT2D eigenvalue weighted by molar-refractivity contribution is 0.0181. The number of benzene rings is 1. The first-order valence-corrected chi connectivity index (χ1v) is 7.71. The van der Waals surface area contributed by atoms with E-state index < -0.39 is 0 Å². The molecule has 3 nitrogen and oxygen atoms in total. The molecule has 110 valence electrons. The van der Waals surface area contributed by atoms with E-state index in [-0.39, 0.29) is 5.60 Å². The topological polar surface area (TPSA) is 30.5 Å². The second-order valence-corrected chi connectivity index (χ2v) is 6.37. The van der Waals surface area contributed by atoms with Crippen LogP contribution in [0.4, 0.5) is 0 Å². The standard InChI is InChI=1S/C17H25NO2/c1-17(10-3-11-20-17)12-18-16(13-4-5-13)14-6-8-15(19-2)9-7-14/h6-9,13,16,18H,3-5,10-12H2,1-2H3. The van der Waals surface area contributed by atoms with Gasteiger partial charge in [0.15, 0.2) is 0 Å². The van der Waals surface area contributed by atoms with Gasteiger partial charge in [0.2, 0.25) is 0 Å². The Hall–Kier alpha value is -1.06. The summed E-state index contributed by atoms with van der Waals surface area (Å²) in [4.78, 5) is 0. The maximum atomic E-state index is 5.88. The van der Waals surface area contributed by atoms with Crippen molar-refractivity contribution in [3.8, 4) is 5.75 Å². The smallest absolute Gasteiger partial charge is 0.118 e. The minimum absolute atomic E-state index is 0.0274. The molecule has 0 aromatic heterocycles. The second kappa shape index (κ2) is 5.74. The van der Waals surface area contributed by atoms with Crippen LogP contribution in [0, 0.1) is 5.92 Å². The molecule has 3 heteroatoms. The fraction of sp³-hybridized carbons (Fsp3) is 0.647. The monoisotopic (exact) mass is 275 g/mol. The Morgan fingerprint density at radius 2 is 2.10 bits per heavy atom. The predicted molar refractivity (Wildman–Crippen MR) is 80.1 cm³/mol. The van der Waals surface area contributed by atoms with Gasteiger partial charge in [0.25, 0.3) is 0 Å². The number of hydrogen-bond acceptors (Lipinski definition) is 3. The van der Waals surface area contributed by atoms with Gasteiger partial charge < -0.3 is 14.8 Å². The van der Waals surface area contributed by atoms with Gasteiger partial charge >= 0.3 is 0 Å². The fourth-order valence-electron chi connectivity index (χ4n) is 3.10. The Kier molecular flexibility index (Phi) is 3.99. The van der Waals surface area contributed by atoms with Crippen LogP contribution in [0.1, 0.15) is 44.2 Å². The van der Waals surface area contributed by atoms with Crippen LogP contribution in [0.2, 0.25) is 0 Å². The lowest BCUT2D eigenvalue weighted by atomic mass is 9.98. The van der Waals surface area contributed by atoms with Crippen LogP contribution in [0.3, 0.4) is 0 Å². The van der Waals surface area contributed by atoms with Gasteiger partial charge in [0.1, 0.15) is 5.75 Å². The molecule has 1 aliphatic heterocycles. The van der Waals surface area contributed by atoms with Crippen molar-refractivity contribution in [3.05, 3.63) is 29.8 Å². The van der Waals surface area contributed by atoms with E-state index in [1.54, 1.807) is 7.11 Å². The molecule has 1 aromatic rings. The fourth-order valence-corrected chi connectivity index (χ4v) is 3.10. The number of hydrogen-bond donors (Lipinski definition) is 1. The molecule has 0 amide bonds. The summed E-state index contributed by atoms with van der Waals surface area (Å²) in [7, 11) is 1.71. The summed E-state index contributed by atoms with van der Waals surface area (Å²) in [5.41, 5.74) is 1.40. The molecule has 1 heterocycles. The van der Waals surface area contributed by atoms with Crippen molar-refractivity contribution in [2.75, 3.05) is 20.3 Å². The van der Waals surface area contributed by atoms with E-state index in [0.717, 1.165) is 24.8 Å². The molecular formula is C17H25NO2. The van der Waals surface area contributed by atoms with Gasteiger partial charge in [-0.15, -0.1) is 0 Å². The highest BCUT2D eigenvalue weighted by Gasteiger charge is 2.35. The average Bonchev–Trinajstić information content (AvgIpc) is 3.22. The molecule has 0 spiro atoms. The van der Waals surface area contributed by atoms with Crippen molar-refractivity contribution >= 4 is 0 Å². The first-order valence-electron chi connectivity index (χ1n) is 7.71. The molecule has 1 aromatic carbocycles. The van der Waals surface area contributed by atoms with E-state index in [0.29, 0.717) is 6.04 Å². The Morgan fingerprint density at radius 1 is 1.35 bits per heavy atom. The molecular weight excluding hydrogens is 250 g/mol. The van der Waals surface area contributed by atoms with Crippen LogP contribution < -0.4 is 10.1 Å². The Bertz CT molecular complexity index is 433. The summed E-state index contributed by atoms with van der Waals surface area (Å²) < 4.78 is 11.1. The highest BCUT2D eigenvalue weighted by atomic mass is 16.5. The minimum Gasteiger partial charge on any atom is -0.497 e. The molecule has 1 N–H and O–H groups in total. The Morgan fingerprint density at radius 3 is 2.65 bits per heavy atom. The van der Waals surface area contributed by atoms with Crippen molar-refractivity contribution in [2.24, 2.45) is 5.92 Å². The highest BCUT2D eigenvalue weighted by Crippen LogP contribution is 2.41. The third-order valence-electron chi connectivity index (χ3n) is 4.56. The lowest BCUT2D eigenvalue weighted by Gasteiger charge is -2.28. The maximum Gasteiger partial charge on any atom is 0.118 e. The maximum absolute atomic E-state index is 5.88. The average molecular weight is 275 g/mol. The molecule has 2 fully saturated rings. The summed E-state index contributed by atoms with van der Waals surface area (Å²) in [6.07, 6.45) is 5.03. The van der Waals surface area contributed by atoms with Crippen LogP contribution in [0.15, 0.2) is 24.3 Å². The van der Waals surface area contributed by atoms with Gasteiger partial charge in [-0.05, 0) is 56.2 Å². The zero-order chi connectivity index (χ0) is 14.0. The molecule has 2 aliphatic rings. The third-order valence-corrected chi connectivity index (χ3v) is 4.56. The van der Waals surface area contributed by atoms with Gasteiger partial charge in [-0.1, -0.05) is 12.1 Å². The van der Waals surface area contributed by atoms with Gasteiger partial charge in [-0.2, -0.15) is 0 Å². The lowest BCUT2D eigenvalue weighted by Crippen LogP contribution is -2.39. The van der Waals surface area contributed by atoms with E-state index in [1.165, 1.54) is 31.2 Å². The van der Waals surface area contributed by atoms with E-state index >= 15 is 0 Å². The number of rotatable bonds is 6. The van der Waals surface area contributed by atoms with Gasteiger partial charge in [-0.3, -0.25) is 0 Å². The molecule has 0 radical (unpaired) electrons. The normalized spacial score (nSPS) is 27.5. The van der Waals surface area contributed by atoms with Crippen LogP contribution in [0.5, 0.6) is 5.75 Å². The largest absolute Gasteiger partial charge is 0.497 e. The van der Waals surface area contributed by atoms with Crippen molar-refractivity contribution in [2.45, 2.75) is 44.2 Å². The summed E-state index contributed by atoms with van der Waals surface area (Å²) in [5, 5.41) is 3.75. The first-order chi connectivity index (χ1) is 9.70. The molecule has 0 bridgehead atoms. The van der Waals surface area contributed by atoms with Crippen LogP contribution in [-0.2, 0) is 4.74 Å². The zero-order valence-corrected chi connectivity index (χ0v) is 12.5. The molecule has 2 unspecified atom stereocenters. The van der Waals surface area contributed by atoms with Crippen LogP contribution >= 0.6 is 0 Å². The van der Waals surface area contributed by atoms with Crippen molar-refractivity contribution in [1.82, 2.24) is 5.32 Å². The Balaban J connectivity index is 1.65. The first kappa shape index (κ1) is 13.9. The van der Waals surface area contributed by atoms with Crippen LogP contribution in [-0.4, -0.2) is 25.9 Å². The SMILES string of the molecule is COc1ccc(C(NCC2(C)CCCO2)C2CC2)cc1. The van der Waals surface area contributed by atoms with Crippen molar-refractivity contribution in [1.29, 1.82) is 0 Å². The number of methoxy groups -OCH3 is 1. The summed E-state index contributed by atoms with van der Waals surface area (Å²) in [6, 6.07) is 8.95. The molecule has 1 saturated carbocycles. The zero-order valence-electron chi connectivity index (χ0n) is 12.5. The van der Waals surface area contributed by atoms with Gasteiger partial charge in [0, 0.05) is 19.2 Å². The summed E-state index contributed by atoms with van der Waals surface area (Å²) in [5.74, 6) is 1.71. The molecule has 20 heavy (non-hydrogen) atoms. The number of ether oxygens (including phenoxy) is 2. The van der Waals surface area contributed by atoms with E-state index in [2.05, 4.69) is 36.5 Å². The molecule has 1 aliphatic carbocycles. The summed E-state index contributed by atoms with van der Waals surface area (Å²) in [6.45, 7) is 4.08. The van der Waals surface area contributed by atoms with Crippen molar-refractivity contribution < 1.29 is 9.47 Å². The second-order valence-electron chi connectivity index (χ2n) is 6.37. The van der Waals surface area contributed by atoms with E-state index in [1.807, 2.05) is 0 Å². The summed E-state index contributed by atoms with van der Waals surface area (Å²) >= 11 is 0. The highest BCUT2D eigenvalue weighted by molar-refractivity contribution is 5.30. The Labute approximate surface area is 121 Å².